The van der Waals surface area contributed by atoms with E-state index < -0.39 is 17.6 Å². The van der Waals surface area contributed by atoms with Gasteiger partial charge in [0.15, 0.2) is 0 Å². The van der Waals surface area contributed by atoms with Crippen molar-refractivity contribution >= 4 is 5.97 Å². The molecule has 0 unspecified atom stereocenters. The fourth-order valence-corrected chi connectivity index (χ4v) is 4.58. The molecule has 148 valence electrons. The summed E-state index contributed by atoms with van der Waals surface area (Å²) in [5.41, 5.74) is 1.72. The Bertz CT molecular complexity index is 924. The number of aliphatic hydroxyl groups is 1. The zero-order valence-electron chi connectivity index (χ0n) is 16.4. The quantitative estimate of drug-likeness (QED) is 0.593. The fourth-order valence-electron chi connectivity index (χ4n) is 4.58. The molecular weight excluding hydrogens is 360 g/mol. The summed E-state index contributed by atoms with van der Waals surface area (Å²) in [7, 11) is 0. The first-order valence-corrected chi connectivity index (χ1v) is 10.3. The van der Waals surface area contributed by atoms with Crippen molar-refractivity contribution in [1.29, 1.82) is 0 Å². The Hall–Kier alpha value is -2.91. The highest BCUT2D eigenvalue weighted by Crippen LogP contribution is 2.49. The summed E-state index contributed by atoms with van der Waals surface area (Å²) in [6, 6.07) is 28.8. The lowest BCUT2D eigenvalue weighted by atomic mass is 9.62. The van der Waals surface area contributed by atoms with Gasteiger partial charge in [0.05, 0.1) is 17.1 Å². The van der Waals surface area contributed by atoms with Crippen LogP contribution in [0.15, 0.2) is 91.0 Å². The molecular formula is C26H26O3. The second-order valence-electron chi connectivity index (χ2n) is 7.73. The minimum absolute atomic E-state index is 0.335. The summed E-state index contributed by atoms with van der Waals surface area (Å²) >= 11 is 0. The minimum atomic E-state index is -0.764. The molecule has 3 atom stereocenters. The molecule has 0 aliphatic heterocycles. The molecule has 3 aromatic rings. The van der Waals surface area contributed by atoms with E-state index in [0.717, 1.165) is 36.8 Å². The second-order valence-corrected chi connectivity index (χ2v) is 7.73. The zero-order chi connectivity index (χ0) is 20.1. The van der Waals surface area contributed by atoms with Gasteiger partial charge in [0.2, 0.25) is 0 Å². The molecule has 4 rings (SSSR count). The van der Waals surface area contributed by atoms with Crippen molar-refractivity contribution in [2.24, 2.45) is 0 Å². The minimum Gasteiger partial charge on any atom is -0.458 e. The smallest absolute Gasteiger partial charge is 0.338 e. The maximum atomic E-state index is 12.9. The third-order valence-electron chi connectivity index (χ3n) is 6.05. The van der Waals surface area contributed by atoms with Crippen LogP contribution in [0.4, 0.5) is 0 Å². The molecule has 0 bridgehead atoms. The lowest BCUT2D eigenvalue weighted by Gasteiger charge is -2.47. The topological polar surface area (TPSA) is 46.5 Å². The van der Waals surface area contributed by atoms with Crippen LogP contribution in [-0.4, -0.2) is 17.2 Å². The third kappa shape index (κ3) is 3.83. The summed E-state index contributed by atoms with van der Waals surface area (Å²) < 4.78 is 6.09. The molecule has 0 saturated heterocycles. The Morgan fingerprint density at radius 1 is 0.862 bits per heavy atom. The molecule has 3 aromatic carbocycles. The normalized spacial score (nSPS) is 22.6. The molecule has 3 nitrogen and oxygen atoms in total. The first-order valence-electron chi connectivity index (χ1n) is 10.3. The van der Waals surface area contributed by atoms with Crippen molar-refractivity contribution in [3.05, 3.63) is 108 Å². The van der Waals surface area contributed by atoms with Crippen LogP contribution in [0.25, 0.3) is 0 Å². The number of hydrogen-bond donors (Lipinski definition) is 1. The number of hydrogen-bond acceptors (Lipinski definition) is 3. The van der Waals surface area contributed by atoms with Gasteiger partial charge in [-0.15, -0.1) is 0 Å². The highest BCUT2D eigenvalue weighted by molar-refractivity contribution is 5.89. The summed E-state index contributed by atoms with van der Waals surface area (Å²) in [5, 5.41) is 11.6. The third-order valence-corrected chi connectivity index (χ3v) is 6.05. The van der Waals surface area contributed by atoms with Crippen LogP contribution in [0.3, 0.4) is 0 Å². The average molecular weight is 386 g/mol. The molecule has 0 radical (unpaired) electrons. The summed E-state index contributed by atoms with van der Waals surface area (Å²) in [4.78, 5) is 12.9. The van der Waals surface area contributed by atoms with Crippen molar-refractivity contribution in [3.8, 4) is 0 Å². The molecule has 1 aliphatic carbocycles. The predicted octanol–water partition coefficient (Wildman–Crippen LogP) is 5.46. The molecule has 0 amide bonds. The largest absolute Gasteiger partial charge is 0.458 e. The maximum Gasteiger partial charge on any atom is 0.338 e. The summed E-state index contributed by atoms with van der Waals surface area (Å²) in [6.45, 7) is 0. The Morgan fingerprint density at radius 3 is 2.10 bits per heavy atom. The molecule has 0 spiro atoms. The van der Waals surface area contributed by atoms with Crippen LogP contribution in [0, 0.1) is 0 Å². The van der Waals surface area contributed by atoms with Gasteiger partial charge in [0, 0.05) is 0 Å². The number of esters is 1. The van der Waals surface area contributed by atoms with Gasteiger partial charge in [-0.05, 0) is 42.5 Å². The molecule has 3 heteroatoms. The highest BCUT2D eigenvalue weighted by atomic mass is 16.5. The van der Waals surface area contributed by atoms with Crippen LogP contribution in [0.1, 0.15) is 53.3 Å². The fraction of sp³-hybridized carbons (Fsp3) is 0.269. The lowest BCUT2D eigenvalue weighted by Crippen LogP contribution is -2.49. The van der Waals surface area contributed by atoms with Gasteiger partial charge in [0.25, 0.3) is 0 Å². The van der Waals surface area contributed by atoms with Gasteiger partial charge in [-0.25, -0.2) is 4.79 Å². The van der Waals surface area contributed by atoms with Crippen molar-refractivity contribution in [1.82, 2.24) is 0 Å². The molecule has 1 fully saturated rings. The van der Waals surface area contributed by atoms with Crippen molar-refractivity contribution in [2.75, 3.05) is 0 Å². The number of benzene rings is 3. The first kappa shape index (κ1) is 19.4. The van der Waals surface area contributed by atoms with E-state index in [0.29, 0.717) is 5.56 Å². The van der Waals surface area contributed by atoms with Gasteiger partial charge < -0.3 is 9.84 Å². The standard InChI is InChI=1S/C26H26O3/c27-24(20-12-4-1-5-13-20)26(22-16-8-3-9-17-22)19-11-10-18-23(26)29-25(28)21-14-6-2-7-15-21/h1-9,12-17,23-24,27H,10-11,18-19H2/t23-,24-,26-/m0/s1. The predicted molar refractivity (Wildman–Crippen MR) is 114 cm³/mol. The SMILES string of the molecule is O=C(O[C@H]1CCCC[C@@]1(c1ccccc1)[C@@H](O)c1ccccc1)c1ccccc1. The Kier molecular flexibility index (Phi) is 5.77. The Labute approximate surface area is 172 Å². The highest BCUT2D eigenvalue weighted by Gasteiger charge is 2.50. The number of carbonyl (C=O) groups excluding carboxylic acids is 1. The van der Waals surface area contributed by atoms with Crippen LogP contribution in [0.5, 0.6) is 0 Å². The van der Waals surface area contributed by atoms with E-state index in [-0.39, 0.29) is 5.97 Å². The zero-order valence-corrected chi connectivity index (χ0v) is 16.4. The molecule has 1 aliphatic rings. The van der Waals surface area contributed by atoms with E-state index in [1.807, 2.05) is 78.9 Å². The van der Waals surface area contributed by atoms with Crippen molar-refractivity contribution in [2.45, 2.75) is 43.3 Å². The number of rotatable bonds is 5. The lowest BCUT2D eigenvalue weighted by molar-refractivity contribution is -0.0594. The second kappa shape index (κ2) is 8.62. The first-order chi connectivity index (χ1) is 14.2. The van der Waals surface area contributed by atoms with Crippen molar-refractivity contribution in [3.63, 3.8) is 0 Å². The maximum absolute atomic E-state index is 12.9. The van der Waals surface area contributed by atoms with E-state index in [1.54, 1.807) is 12.1 Å². The van der Waals surface area contributed by atoms with Crippen LogP contribution in [-0.2, 0) is 10.2 Å². The molecule has 1 N–H and O–H groups in total. The van der Waals surface area contributed by atoms with Gasteiger partial charge in [-0.2, -0.15) is 0 Å². The average Bonchev–Trinajstić information content (AvgIpc) is 2.81. The van der Waals surface area contributed by atoms with Crippen LogP contribution in [0.2, 0.25) is 0 Å². The molecule has 0 heterocycles. The number of aliphatic hydroxyl groups excluding tert-OH is 1. The summed E-state index contributed by atoms with van der Waals surface area (Å²) in [5.74, 6) is -0.335. The monoisotopic (exact) mass is 386 g/mol. The van der Waals surface area contributed by atoms with Gasteiger partial charge in [-0.3, -0.25) is 0 Å². The van der Waals surface area contributed by atoms with Crippen molar-refractivity contribution < 1.29 is 14.6 Å². The van der Waals surface area contributed by atoms with E-state index in [4.69, 9.17) is 4.74 Å². The summed E-state index contributed by atoms with van der Waals surface area (Å²) in [6.07, 6.45) is 2.29. The molecule has 1 saturated carbocycles. The van der Waals surface area contributed by atoms with E-state index >= 15 is 0 Å². The van der Waals surface area contributed by atoms with E-state index in [2.05, 4.69) is 0 Å². The molecule has 29 heavy (non-hydrogen) atoms. The number of carbonyl (C=O) groups is 1. The Balaban J connectivity index is 1.76. The Morgan fingerprint density at radius 2 is 1.45 bits per heavy atom. The van der Waals surface area contributed by atoms with Gasteiger partial charge in [-0.1, -0.05) is 85.3 Å². The van der Waals surface area contributed by atoms with E-state index in [9.17, 15) is 9.90 Å². The van der Waals surface area contributed by atoms with Crippen LogP contribution >= 0.6 is 0 Å². The van der Waals surface area contributed by atoms with Gasteiger partial charge in [0.1, 0.15) is 6.10 Å². The number of ether oxygens (including phenoxy) is 1. The van der Waals surface area contributed by atoms with Gasteiger partial charge >= 0.3 is 5.97 Å². The van der Waals surface area contributed by atoms with E-state index in [1.165, 1.54) is 0 Å². The molecule has 0 aromatic heterocycles. The van der Waals surface area contributed by atoms with Crippen LogP contribution < -0.4 is 0 Å².